The number of hydrogen-bond donors (Lipinski definition) is 0. The van der Waals surface area contributed by atoms with Gasteiger partial charge in [0, 0.05) is 24.2 Å². The lowest BCUT2D eigenvalue weighted by molar-refractivity contribution is 0.196. The quantitative estimate of drug-likeness (QED) is 0.859. The van der Waals surface area contributed by atoms with Crippen molar-refractivity contribution in [1.82, 2.24) is 9.21 Å². The van der Waals surface area contributed by atoms with Gasteiger partial charge in [-0.2, -0.15) is 4.31 Å². The summed E-state index contributed by atoms with van der Waals surface area (Å²) in [4.78, 5) is 2.45. The van der Waals surface area contributed by atoms with Crippen LogP contribution in [0.2, 0.25) is 5.02 Å². The van der Waals surface area contributed by atoms with Crippen LogP contribution in [0.15, 0.2) is 23.1 Å². The van der Waals surface area contributed by atoms with Crippen molar-refractivity contribution in [2.24, 2.45) is 0 Å². The maximum Gasteiger partial charge on any atom is 0.243 e. The van der Waals surface area contributed by atoms with E-state index in [9.17, 15) is 8.42 Å². The predicted octanol–water partition coefficient (Wildman–Crippen LogP) is 2.36. The largest absolute Gasteiger partial charge is 0.306 e. The summed E-state index contributed by atoms with van der Waals surface area (Å²) in [6, 6.07) is 5.39. The predicted molar refractivity (Wildman–Crippen MR) is 81.7 cm³/mol. The molecule has 4 nitrogen and oxygen atoms in total. The third-order valence-electron chi connectivity index (χ3n) is 3.93. The molecule has 6 heteroatoms. The van der Waals surface area contributed by atoms with Crippen LogP contribution in [-0.4, -0.2) is 50.8 Å². The summed E-state index contributed by atoms with van der Waals surface area (Å²) in [7, 11) is 0.653. The molecule has 1 aliphatic heterocycles. The maximum absolute atomic E-state index is 12.6. The molecule has 0 radical (unpaired) electrons. The first-order valence-corrected chi connectivity index (χ1v) is 8.57. The van der Waals surface area contributed by atoms with Crippen molar-refractivity contribution in [1.29, 1.82) is 0 Å². The minimum atomic E-state index is -3.42. The van der Waals surface area contributed by atoms with Gasteiger partial charge < -0.3 is 4.90 Å². The number of benzene rings is 1. The third kappa shape index (κ3) is 3.17. The Hall–Kier alpha value is -0.620. The van der Waals surface area contributed by atoms with E-state index in [1.165, 1.54) is 0 Å². The second-order valence-electron chi connectivity index (χ2n) is 5.51. The van der Waals surface area contributed by atoms with Gasteiger partial charge in [-0.05, 0) is 51.6 Å². The van der Waals surface area contributed by atoms with Crippen LogP contribution in [0.3, 0.4) is 0 Å². The number of aryl methyl sites for hydroxylation is 1. The van der Waals surface area contributed by atoms with E-state index in [1.54, 1.807) is 22.5 Å². The summed E-state index contributed by atoms with van der Waals surface area (Å²) in [6.45, 7) is 2.99. The molecule has 0 saturated carbocycles. The molecule has 1 fully saturated rings. The van der Waals surface area contributed by atoms with E-state index in [-0.39, 0.29) is 4.90 Å². The van der Waals surface area contributed by atoms with Gasteiger partial charge in [-0.25, -0.2) is 8.42 Å². The molecule has 0 spiro atoms. The van der Waals surface area contributed by atoms with E-state index < -0.39 is 10.0 Å². The standard InChI is InChI=1S/C14H21ClN2O2S/c1-11-4-5-13(10-14(11)15)20(18,19)17-8-6-12(7-9-17)16(2)3/h4-5,10,12H,6-9H2,1-3H3. The summed E-state index contributed by atoms with van der Waals surface area (Å²) in [6.07, 6.45) is 1.73. The number of hydrogen-bond acceptors (Lipinski definition) is 3. The Morgan fingerprint density at radius 1 is 1.25 bits per heavy atom. The molecule has 1 aromatic carbocycles. The van der Waals surface area contributed by atoms with Crippen molar-refractivity contribution in [3.8, 4) is 0 Å². The van der Waals surface area contributed by atoms with Crippen LogP contribution in [0.25, 0.3) is 0 Å². The van der Waals surface area contributed by atoms with Crippen molar-refractivity contribution in [2.75, 3.05) is 27.2 Å². The number of rotatable bonds is 3. The number of nitrogens with zero attached hydrogens (tertiary/aromatic N) is 2. The van der Waals surface area contributed by atoms with Crippen LogP contribution >= 0.6 is 11.6 Å². The highest BCUT2D eigenvalue weighted by molar-refractivity contribution is 7.89. The molecule has 20 heavy (non-hydrogen) atoms. The smallest absolute Gasteiger partial charge is 0.243 e. The van der Waals surface area contributed by atoms with Gasteiger partial charge in [0.1, 0.15) is 0 Å². The fraction of sp³-hybridized carbons (Fsp3) is 0.571. The monoisotopic (exact) mass is 316 g/mol. The van der Waals surface area contributed by atoms with Gasteiger partial charge >= 0.3 is 0 Å². The molecule has 0 amide bonds. The molecule has 1 aromatic rings. The summed E-state index contributed by atoms with van der Waals surface area (Å²) < 4.78 is 26.7. The van der Waals surface area contributed by atoms with E-state index in [2.05, 4.69) is 4.90 Å². The minimum absolute atomic E-state index is 0.288. The fourth-order valence-electron chi connectivity index (χ4n) is 2.48. The van der Waals surface area contributed by atoms with Crippen molar-refractivity contribution in [2.45, 2.75) is 30.7 Å². The topological polar surface area (TPSA) is 40.6 Å². The summed E-state index contributed by atoms with van der Waals surface area (Å²) in [5.41, 5.74) is 0.886. The van der Waals surface area contributed by atoms with Crippen LogP contribution in [0.4, 0.5) is 0 Å². The molecule has 0 N–H and O–H groups in total. The van der Waals surface area contributed by atoms with Crippen LogP contribution in [0.5, 0.6) is 0 Å². The van der Waals surface area contributed by atoms with Crippen molar-refractivity contribution in [3.05, 3.63) is 28.8 Å². The van der Waals surface area contributed by atoms with E-state index in [0.717, 1.165) is 18.4 Å². The molecular weight excluding hydrogens is 296 g/mol. The zero-order chi connectivity index (χ0) is 14.9. The van der Waals surface area contributed by atoms with E-state index in [0.29, 0.717) is 24.2 Å². The Kier molecular flexibility index (Phi) is 4.74. The Morgan fingerprint density at radius 2 is 1.85 bits per heavy atom. The highest BCUT2D eigenvalue weighted by Gasteiger charge is 2.30. The molecule has 1 heterocycles. The third-order valence-corrected chi connectivity index (χ3v) is 6.24. The zero-order valence-corrected chi connectivity index (χ0v) is 13.7. The van der Waals surface area contributed by atoms with Gasteiger partial charge in [-0.3, -0.25) is 0 Å². The van der Waals surface area contributed by atoms with Crippen molar-refractivity contribution in [3.63, 3.8) is 0 Å². The molecule has 0 unspecified atom stereocenters. The first-order valence-electron chi connectivity index (χ1n) is 6.75. The average molecular weight is 317 g/mol. The number of piperidine rings is 1. The molecular formula is C14H21ClN2O2S. The van der Waals surface area contributed by atoms with Crippen LogP contribution < -0.4 is 0 Å². The first-order chi connectivity index (χ1) is 9.32. The Labute approximate surface area is 126 Å². The zero-order valence-electron chi connectivity index (χ0n) is 12.1. The van der Waals surface area contributed by atoms with Gasteiger partial charge in [0.15, 0.2) is 0 Å². The van der Waals surface area contributed by atoms with Gasteiger partial charge in [0.05, 0.1) is 4.90 Å². The van der Waals surface area contributed by atoms with Gasteiger partial charge in [0.2, 0.25) is 10.0 Å². The molecule has 0 aromatic heterocycles. The lowest BCUT2D eigenvalue weighted by Gasteiger charge is -2.34. The van der Waals surface area contributed by atoms with Crippen molar-refractivity contribution >= 4 is 21.6 Å². The molecule has 0 aliphatic carbocycles. The molecule has 1 aliphatic rings. The maximum atomic E-state index is 12.6. The van der Waals surface area contributed by atoms with Crippen LogP contribution in [-0.2, 0) is 10.0 Å². The van der Waals surface area contributed by atoms with Gasteiger partial charge in [-0.1, -0.05) is 17.7 Å². The summed E-state index contributed by atoms with van der Waals surface area (Å²) >= 11 is 6.03. The summed E-state index contributed by atoms with van der Waals surface area (Å²) in [5, 5.41) is 0.495. The Balaban J connectivity index is 2.17. The van der Waals surface area contributed by atoms with Gasteiger partial charge in [-0.15, -0.1) is 0 Å². The van der Waals surface area contributed by atoms with Gasteiger partial charge in [0.25, 0.3) is 0 Å². The minimum Gasteiger partial charge on any atom is -0.306 e. The number of halogens is 1. The summed E-state index contributed by atoms with van der Waals surface area (Å²) in [5.74, 6) is 0. The molecule has 112 valence electrons. The lowest BCUT2D eigenvalue weighted by atomic mass is 10.1. The molecule has 0 bridgehead atoms. The van der Waals surface area contributed by atoms with Crippen LogP contribution in [0.1, 0.15) is 18.4 Å². The highest BCUT2D eigenvalue weighted by Crippen LogP contribution is 2.25. The second kappa shape index (κ2) is 6.02. The average Bonchev–Trinajstić information content (AvgIpc) is 2.41. The lowest BCUT2D eigenvalue weighted by Crippen LogP contribution is -2.44. The van der Waals surface area contributed by atoms with E-state index >= 15 is 0 Å². The van der Waals surface area contributed by atoms with E-state index in [4.69, 9.17) is 11.6 Å². The molecule has 0 atom stereocenters. The first kappa shape index (κ1) is 15.8. The Morgan fingerprint density at radius 3 is 2.35 bits per heavy atom. The highest BCUT2D eigenvalue weighted by atomic mass is 35.5. The normalized spacial score (nSPS) is 18.6. The molecule has 2 rings (SSSR count). The molecule has 1 saturated heterocycles. The van der Waals surface area contributed by atoms with Crippen LogP contribution in [0, 0.1) is 6.92 Å². The fourth-order valence-corrected chi connectivity index (χ4v) is 4.22. The Bertz CT molecular complexity index is 579. The van der Waals surface area contributed by atoms with Crippen molar-refractivity contribution < 1.29 is 8.42 Å². The number of sulfonamides is 1. The van der Waals surface area contributed by atoms with E-state index in [1.807, 2.05) is 21.0 Å². The SMILES string of the molecule is Cc1ccc(S(=O)(=O)N2CCC(N(C)C)CC2)cc1Cl. The second-order valence-corrected chi connectivity index (χ2v) is 7.85.